The zero-order chi connectivity index (χ0) is 17.3. The van der Waals surface area contributed by atoms with Gasteiger partial charge < -0.3 is 14.6 Å². The summed E-state index contributed by atoms with van der Waals surface area (Å²) >= 11 is 1.66. The zero-order valence-corrected chi connectivity index (χ0v) is 15.6. The highest BCUT2D eigenvalue weighted by Gasteiger charge is 2.55. The van der Waals surface area contributed by atoms with E-state index < -0.39 is 5.60 Å². The first-order chi connectivity index (χ1) is 12.2. The molecule has 1 N–H and O–H groups in total. The fraction of sp³-hybridized carbons (Fsp3) is 0.778. The molecule has 4 rings (SSSR count). The van der Waals surface area contributed by atoms with Crippen molar-refractivity contribution < 1.29 is 14.6 Å². The van der Waals surface area contributed by atoms with E-state index in [9.17, 15) is 5.11 Å². The minimum atomic E-state index is -0.641. The van der Waals surface area contributed by atoms with Crippen LogP contribution in [-0.4, -0.2) is 70.3 Å². The average molecular weight is 365 g/mol. The smallest absolute Gasteiger partial charge is 0.187 e. The highest BCUT2D eigenvalue weighted by molar-refractivity contribution is 7.99. The molecule has 138 valence electrons. The molecule has 0 aromatic carbocycles. The number of fused-ring (bicyclic) bond motifs is 3. The first-order valence-corrected chi connectivity index (χ1v) is 10.2. The van der Waals surface area contributed by atoms with Crippen molar-refractivity contribution in [3.8, 4) is 0 Å². The van der Waals surface area contributed by atoms with Crippen LogP contribution in [0.15, 0.2) is 17.6 Å². The van der Waals surface area contributed by atoms with E-state index in [0.29, 0.717) is 25.9 Å². The third-order valence-electron chi connectivity index (χ3n) is 5.90. The number of thioether (sulfide) groups is 1. The lowest BCUT2D eigenvalue weighted by molar-refractivity contribution is -0.221. The Labute approximate surface area is 153 Å². The topological polar surface area (TPSA) is 67.7 Å². The molecule has 0 aliphatic carbocycles. The first-order valence-electron chi connectivity index (χ1n) is 9.26. The van der Waals surface area contributed by atoms with Crippen molar-refractivity contribution in [2.24, 2.45) is 11.8 Å². The standard InChI is InChI=1S/C18H27N3O3S/c1-2-25-17-19-7-13(8-20-17)9-21-10-14-11-24-6-4-18(14,22)15-12-23-5-3-16(15)21/h7-8,14-16,22H,2-6,9-12H2,1H3/t14-,15+,16-,18-/m0/s1. The maximum atomic E-state index is 11.4. The van der Waals surface area contributed by atoms with Gasteiger partial charge in [0, 0.05) is 68.6 Å². The second kappa shape index (κ2) is 7.48. The number of hydrogen-bond donors (Lipinski definition) is 1. The molecule has 3 fully saturated rings. The van der Waals surface area contributed by atoms with Crippen LogP contribution < -0.4 is 0 Å². The molecule has 6 nitrogen and oxygen atoms in total. The Morgan fingerprint density at radius 1 is 1.28 bits per heavy atom. The van der Waals surface area contributed by atoms with Gasteiger partial charge in [0.1, 0.15) is 0 Å². The maximum Gasteiger partial charge on any atom is 0.187 e. The number of piperidine rings is 1. The summed E-state index contributed by atoms with van der Waals surface area (Å²) in [7, 11) is 0. The lowest BCUT2D eigenvalue weighted by atomic mass is 9.66. The largest absolute Gasteiger partial charge is 0.389 e. The van der Waals surface area contributed by atoms with Crippen molar-refractivity contribution >= 4 is 11.8 Å². The Balaban J connectivity index is 1.52. The van der Waals surface area contributed by atoms with Crippen molar-refractivity contribution in [2.75, 3.05) is 38.7 Å². The van der Waals surface area contributed by atoms with E-state index in [1.165, 1.54) is 0 Å². The van der Waals surface area contributed by atoms with Gasteiger partial charge in [-0.05, 0) is 12.2 Å². The number of aromatic nitrogens is 2. The van der Waals surface area contributed by atoms with Gasteiger partial charge in [-0.2, -0.15) is 0 Å². The number of hydrogen-bond acceptors (Lipinski definition) is 7. The molecule has 0 saturated carbocycles. The molecule has 7 heteroatoms. The molecule has 25 heavy (non-hydrogen) atoms. The summed E-state index contributed by atoms with van der Waals surface area (Å²) in [5.74, 6) is 1.30. The number of aliphatic hydroxyl groups is 1. The highest BCUT2D eigenvalue weighted by atomic mass is 32.2. The lowest BCUT2D eigenvalue weighted by Gasteiger charge is -2.57. The Morgan fingerprint density at radius 3 is 2.88 bits per heavy atom. The van der Waals surface area contributed by atoms with Crippen LogP contribution in [0.25, 0.3) is 0 Å². The van der Waals surface area contributed by atoms with E-state index in [1.807, 2.05) is 12.4 Å². The quantitative estimate of drug-likeness (QED) is 0.642. The van der Waals surface area contributed by atoms with Gasteiger partial charge in [-0.25, -0.2) is 9.97 Å². The lowest BCUT2D eigenvalue weighted by Crippen LogP contribution is -2.67. The molecule has 3 aliphatic heterocycles. The predicted octanol–water partition coefficient (Wildman–Crippen LogP) is 1.58. The number of ether oxygens (including phenoxy) is 2. The second-order valence-corrected chi connectivity index (χ2v) is 8.52. The highest BCUT2D eigenvalue weighted by Crippen LogP contribution is 2.44. The van der Waals surface area contributed by atoms with Crippen LogP contribution in [0, 0.1) is 11.8 Å². The third-order valence-corrected chi connectivity index (χ3v) is 6.66. The minimum Gasteiger partial charge on any atom is -0.389 e. The molecule has 4 atom stereocenters. The Bertz CT molecular complexity index is 587. The minimum absolute atomic E-state index is 0.153. The molecule has 4 heterocycles. The van der Waals surface area contributed by atoms with Gasteiger partial charge in [-0.15, -0.1) is 0 Å². The molecule has 0 amide bonds. The molecular weight excluding hydrogens is 338 g/mol. The fourth-order valence-electron chi connectivity index (χ4n) is 4.61. The first kappa shape index (κ1) is 17.7. The second-order valence-electron chi connectivity index (χ2n) is 7.29. The van der Waals surface area contributed by atoms with E-state index in [4.69, 9.17) is 9.47 Å². The fourth-order valence-corrected chi connectivity index (χ4v) is 5.13. The summed E-state index contributed by atoms with van der Waals surface area (Å²) in [4.78, 5) is 11.4. The maximum absolute atomic E-state index is 11.4. The van der Waals surface area contributed by atoms with Crippen molar-refractivity contribution in [3.63, 3.8) is 0 Å². The van der Waals surface area contributed by atoms with Crippen molar-refractivity contribution in [1.29, 1.82) is 0 Å². The molecule has 0 radical (unpaired) electrons. The van der Waals surface area contributed by atoms with Crippen molar-refractivity contribution in [3.05, 3.63) is 18.0 Å². The van der Waals surface area contributed by atoms with E-state index in [-0.39, 0.29) is 11.8 Å². The van der Waals surface area contributed by atoms with Crippen molar-refractivity contribution in [1.82, 2.24) is 14.9 Å². The molecule has 0 spiro atoms. The van der Waals surface area contributed by atoms with Gasteiger partial charge >= 0.3 is 0 Å². The number of rotatable bonds is 4. The molecule has 3 aliphatic rings. The Kier molecular flexibility index (Phi) is 5.29. The molecule has 0 bridgehead atoms. The van der Waals surface area contributed by atoms with Crippen LogP contribution in [0.3, 0.4) is 0 Å². The average Bonchev–Trinajstić information content (AvgIpc) is 2.64. The molecule has 1 aromatic rings. The Hall–Kier alpha value is -0.730. The summed E-state index contributed by atoms with van der Waals surface area (Å²) < 4.78 is 11.4. The predicted molar refractivity (Wildman–Crippen MR) is 95.4 cm³/mol. The van der Waals surface area contributed by atoms with Crippen LogP contribution in [0.1, 0.15) is 25.3 Å². The monoisotopic (exact) mass is 365 g/mol. The third kappa shape index (κ3) is 3.45. The van der Waals surface area contributed by atoms with E-state index in [0.717, 1.165) is 49.0 Å². The number of nitrogens with zero attached hydrogens (tertiary/aromatic N) is 3. The Morgan fingerprint density at radius 2 is 2.08 bits per heavy atom. The van der Waals surface area contributed by atoms with Crippen LogP contribution in [0.2, 0.25) is 0 Å². The number of likely N-dealkylation sites (tertiary alicyclic amines) is 1. The van der Waals surface area contributed by atoms with E-state index >= 15 is 0 Å². The van der Waals surface area contributed by atoms with Gasteiger partial charge in [-0.1, -0.05) is 18.7 Å². The van der Waals surface area contributed by atoms with E-state index in [2.05, 4.69) is 21.8 Å². The van der Waals surface area contributed by atoms with Gasteiger partial charge in [0.15, 0.2) is 5.16 Å². The van der Waals surface area contributed by atoms with Crippen LogP contribution in [-0.2, 0) is 16.0 Å². The molecular formula is C18H27N3O3S. The van der Waals surface area contributed by atoms with Crippen LogP contribution >= 0.6 is 11.8 Å². The van der Waals surface area contributed by atoms with Gasteiger partial charge in [0.2, 0.25) is 0 Å². The van der Waals surface area contributed by atoms with E-state index in [1.54, 1.807) is 11.8 Å². The normalized spacial score (nSPS) is 35.8. The van der Waals surface area contributed by atoms with Gasteiger partial charge in [0.05, 0.1) is 18.8 Å². The van der Waals surface area contributed by atoms with Crippen LogP contribution in [0.5, 0.6) is 0 Å². The summed E-state index contributed by atoms with van der Waals surface area (Å²) in [6.45, 7) is 6.51. The van der Waals surface area contributed by atoms with Crippen LogP contribution in [0.4, 0.5) is 0 Å². The van der Waals surface area contributed by atoms with Gasteiger partial charge in [-0.3, -0.25) is 4.90 Å². The molecule has 3 saturated heterocycles. The molecule has 1 aromatic heterocycles. The SMILES string of the molecule is CCSc1ncc(CN2C[C@H]3COCC[C@@]3(O)[C@@H]3COCC[C@@H]32)cn1. The summed E-state index contributed by atoms with van der Waals surface area (Å²) in [6.07, 6.45) is 5.59. The summed E-state index contributed by atoms with van der Waals surface area (Å²) in [6, 6.07) is 0.359. The van der Waals surface area contributed by atoms with Crippen molar-refractivity contribution in [2.45, 2.75) is 43.1 Å². The zero-order valence-electron chi connectivity index (χ0n) is 14.8. The van der Waals surface area contributed by atoms with Gasteiger partial charge in [0.25, 0.3) is 0 Å². The summed E-state index contributed by atoms with van der Waals surface area (Å²) in [5, 5.41) is 12.2. The summed E-state index contributed by atoms with van der Waals surface area (Å²) in [5.41, 5.74) is 0.491. The molecule has 0 unspecified atom stereocenters.